The van der Waals surface area contributed by atoms with Gasteiger partial charge in [-0.3, -0.25) is 48.4 Å². The highest BCUT2D eigenvalue weighted by molar-refractivity contribution is 6.32. The highest BCUT2D eigenvalue weighted by Crippen LogP contribution is 2.39. The summed E-state index contributed by atoms with van der Waals surface area (Å²) in [5, 5.41) is 2.97. The number of amides is 8. The fourth-order valence-corrected chi connectivity index (χ4v) is 4.72. The number of barbiturate groups is 2. The van der Waals surface area contributed by atoms with E-state index in [0.29, 0.717) is 30.2 Å². The SMILES string of the molecule is CN1C(=O)C(C(=O)C2=CNC=C(C(=O)C3C(=O)N(C)C(=O)N(C)C3=O)C2c2ccc(Cl)cc2)C(=O)N(C)C1=O. The van der Waals surface area contributed by atoms with Crippen LogP contribution in [0.15, 0.2) is 47.8 Å². The third-order valence-corrected chi connectivity index (χ3v) is 7.11. The topological polar surface area (TPSA) is 162 Å². The molecular weight excluding hydrogens is 534 g/mol. The molecule has 0 atom stereocenters. The Morgan fingerprint density at radius 3 is 1.31 bits per heavy atom. The van der Waals surface area contributed by atoms with Crippen molar-refractivity contribution in [1.29, 1.82) is 0 Å². The van der Waals surface area contributed by atoms with Crippen LogP contribution in [0.3, 0.4) is 0 Å². The monoisotopic (exact) mass is 555 g/mol. The van der Waals surface area contributed by atoms with Gasteiger partial charge in [-0.25, -0.2) is 9.59 Å². The molecule has 39 heavy (non-hydrogen) atoms. The van der Waals surface area contributed by atoms with Crippen LogP contribution in [0.25, 0.3) is 0 Å². The standard InChI is InChI=1S/C25H22ClN5O8/c1-28-20(34)16(21(35)29(2)24(28)38)18(32)13-9-27-10-14(15(13)11-5-7-12(26)8-6-11)19(33)17-22(36)30(3)25(39)31(4)23(17)37/h5-10,15-17,27H,1-4H3. The second kappa shape index (κ2) is 9.91. The van der Waals surface area contributed by atoms with Gasteiger partial charge in [-0.05, 0) is 17.7 Å². The summed E-state index contributed by atoms with van der Waals surface area (Å²) in [6.45, 7) is 0. The molecule has 8 amide bonds. The Bertz CT molecular complexity index is 1300. The van der Waals surface area contributed by atoms with Gasteiger partial charge < -0.3 is 5.32 Å². The van der Waals surface area contributed by atoms with E-state index in [-0.39, 0.29) is 11.1 Å². The van der Waals surface area contributed by atoms with E-state index in [0.717, 1.165) is 28.2 Å². The Morgan fingerprint density at radius 2 is 0.974 bits per heavy atom. The number of carbonyl (C=O) groups excluding carboxylic acids is 8. The first kappa shape index (κ1) is 27.4. The van der Waals surface area contributed by atoms with Crippen molar-refractivity contribution in [2.45, 2.75) is 5.92 Å². The van der Waals surface area contributed by atoms with Gasteiger partial charge >= 0.3 is 12.1 Å². The highest BCUT2D eigenvalue weighted by Gasteiger charge is 2.52. The summed E-state index contributed by atoms with van der Waals surface area (Å²) < 4.78 is 0. The van der Waals surface area contributed by atoms with Crippen molar-refractivity contribution < 1.29 is 38.4 Å². The van der Waals surface area contributed by atoms with Crippen LogP contribution >= 0.6 is 11.6 Å². The average Bonchev–Trinajstić information content (AvgIpc) is 2.93. The molecule has 0 bridgehead atoms. The summed E-state index contributed by atoms with van der Waals surface area (Å²) >= 11 is 6.02. The summed E-state index contributed by atoms with van der Waals surface area (Å²) in [6, 6.07) is 4.14. The van der Waals surface area contributed by atoms with E-state index in [1.807, 2.05) is 0 Å². The number of rotatable bonds is 5. The maximum atomic E-state index is 13.8. The number of nitrogens with zero attached hydrogens (tertiary/aromatic N) is 4. The molecule has 1 aromatic rings. The molecule has 0 spiro atoms. The van der Waals surface area contributed by atoms with Gasteiger partial charge in [0.05, 0.1) is 0 Å². The lowest BCUT2D eigenvalue weighted by Gasteiger charge is -2.35. The molecule has 3 aliphatic heterocycles. The fourth-order valence-electron chi connectivity index (χ4n) is 4.59. The molecule has 202 valence electrons. The first-order valence-electron chi connectivity index (χ1n) is 11.5. The van der Waals surface area contributed by atoms with E-state index in [1.54, 1.807) is 0 Å². The van der Waals surface area contributed by atoms with E-state index in [2.05, 4.69) is 5.32 Å². The molecule has 0 saturated carbocycles. The van der Waals surface area contributed by atoms with Crippen LogP contribution in [0.1, 0.15) is 11.5 Å². The van der Waals surface area contributed by atoms with E-state index >= 15 is 0 Å². The summed E-state index contributed by atoms with van der Waals surface area (Å²) in [5.74, 6) is -11.3. The number of hydrogen-bond acceptors (Lipinski definition) is 9. The van der Waals surface area contributed by atoms with Crippen molar-refractivity contribution in [1.82, 2.24) is 24.9 Å². The number of halogens is 1. The number of carbonyl (C=O) groups is 8. The molecule has 0 aliphatic carbocycles. The molecule has 0 aromatic heterocycles. The van der Waals surface area contributed by atoms with Gasteiger partial charge in [0.2, 0.25) is 0 Å². The molecule has 13 nitrogen and oxygen atoms in total. The average molecular weight is 556 g/mol. The Morgan fingerprint density at radius 1 is 0.641 bits per heavy atom. The van der Waals surface area contributed by atoms with Crippen molar-refractivity contribution in [2.24, 2.45) is 11.8 Å². The second-order valence-corrected chi connectivity index (χ2v) is 9.54. The number of imide groups is 4. The molecule has 4 rings (SSSR count). The minimum atomic E-state index is -1.91. The Kier molecular flexibility index (Phi) is 6.96. The van der Waals surface area contributed by atoms with Gasteiger partial charge in [0, 0.05) is 62.7 Å². The van der Waals surface area contributed by atoms with Crippen molar-refractivity contribution in [3.8, 4) is 0 Å². The minimum Gasteiger partial charge on any atom is -0.367 e. The van der Waals surface area contributed by atoms with E-state index < -0.39 is 65.0 Å². The van der Waals surface area contributed by atoms with Crippen LogP contribution in [0.2, 0.25) is 5.02 Å². The summed E-state index contributed by atoms with van der Waals surface area (Å²) in [6.07, 6.45) is 2.39. The van der Waals surface area contributed by atoms with Crippen LogP contribution in [0.4, 0.5) is 9.59 Å². The maximum absolute atomic E-state index is 13.8. The van der Waals surface area contributed by atoms with Gasteiger partial charge in [-0.1, -0.05) is 23.7 Å². The third kappa shape index (κ3) is 4.30. The van der Waals surface area contributed by atoms with Crippen molar-refractivity contribution in [2.75, 3.05) is 28.2 Å². The third-order valence-electron chi connectivity index (χ3n) is 6.85. The van der Waals surface area contributed by atoms with Crippen molar-refractivity contribution in [3.05, 3.63) is 58.4 Å². The maximum Gasteiger partial charge on any atom is 0.332 e. The zero-order valence-corrected chi connectivity index (χ0v) is 21.9. The molecule has 0 radical (unpaired) electrons. The lowest BCUT2D eigenvalue weighted by Crippen LogP contribution is -2.60. The Balaban J connectivity index is 1.79. The molecule has 1 aromatic carbocycles. The molecule has 3 aliphatic rings. The summed E-state index contributed by atoms with van der Waals surface area (Å²) in [4.78, 5) is 106. The number of allylic oxidation sites excluding steroid dienone is 2. The number of dihydropyridines is 1. The van der Waals surface area contributed by atoms with E-state index in [1.165, 1.54) is 36.7 Å². The molecular formula is C25H22ClN5O8. The lowest BCUT2D eigenvalue weighted by molar-refractivity contribution is -0.153. The van der Waals surface area contributed by atoms with Gasteiger partial charge in [-0.2, -0.15) is 0 Å². The Hall–Kier alpha value is -4.65. The minimum absolute atomic E-state index is 0.209. The molecule has 2 fully saturated rings. The number of nitrogens with one attached hydrogen (secondary N) is 1. The van der Waals surface area contributed by atoms with Crippen LogP contribution in [0, 0.1) is 11.8 Å². The Labute approximate surface area is 226 Å². The molecule has 0 unspecified atom stereocenters. The molecule has 3 heterocycles. The normalized spacial score (nSPS) is 19.9. The van der Waals surface area contributed by atoms with Crippen LogP contribution in [-0.4, -0.2) is 95.0 Å². The number of hydrogen-bond donors (Lipinski definition) is 1. The van der Waals surface area contributed by atoms with Crippen molar-refractivity contribution in [3.63, 3.8) is 0 Å². The zero-order chi connectivity index (χ0) is 28.9. The molecule has 1 N–H and O–H groups in total. The smallest absolute Gasteiger partial charge is 0.332 e. The second-order valence-electron chi connectivity index (χ2n) is 9.10. The van der Waals surface area contributed by atoms with Gasteiger partial charge in [-0.15, -0.1) is 0 Å². The van der Waals surface area contributed by atoms with Gasteiger partial charge in [0.15, 0.2) is 23.4 Å². The van der Waals surface area contributed by atoms with E-state index in [4.69, 9.17) is 11.6 Å². The first-order chi connectivity index (χ1) is 18.3. The highest BCUT2D eigenvalue weighted by atomic mass is 35.5. The number of benzene rings is 1. The molecule has 2 saturated heterocycles. The summed E-state index contributed by atoms with van der Waals surface area (Å²) in [7, 11) is 4.51. The number of Topliss-reactive ketones (excluding diaryl/α,β-unsaturated/α-hetero) is 2. The molecule has 14 heteroatoms. The first-order valence-corrected chi connectivity index (χ1v) is 11.9. The van der Waals surface area contributed by atoms with Crippen LogP contribution < -0.4 is 5.32 Å². The van der Waals surface area contributed by atoms with E-state index in [9.17, 15) is 38.4 Å². The fraction of sp³-hybridized carbons (Fsp3) is 0.280. The quantitative estimate of drug-likeness (QED) is 0.502. The van der Waals surface area contributed by atoms with Gasteiger partial charge in [0.1, 0.15) is 0 Å². The van der Waals surface area contributed by atoms with Crippen LogP contribution in [-0.2, 0) is 28.8 Å². The predicted octanol–water partition coefficient (Wildman–Crippen LogP) is 0.266. The number of ketones is 2. The van der Waals surface area contributed by atoms with Gasteiger partial charge in [0.25, 0.3) is 23.6 Å². The summed E-state index contributed by atoms with van der Waals surface area (Å²) in [5.41, 5.74) is -0.0962. The predicted molar refractivity (Wildman–Crippen MR) is 132 cm³/mol. The van der Waals surface area contributed by atoms with Crippen molar-refractivity contribution >= 4 is 58.9 Å². The number of urea groups is 2. The largest absolute Gasteiger partial charge is 0.367 e. The van der Waals surface area contributed by atoms with Crippen LogP contribution in [0.5, 0.6) is 0 Å². The lowest BCUT2D eigenvalue weighted by atomic mass is 9.75. The zero-order valence-electron chi connectivity index (χ0n) is 21.1.